The van der Waals surface area contributed by atoms with Crippen LogP contribution in [0, 0.1) is 17.1 Å². The van der Waals surface area contributed by atoms with Crippen LogP contribution in [0.25, 0.3) is 0 Å². The van der Waals surface area contributed by atoms with Gasteiger partial charge in [0.15, 0.2) is 0 Å². The van der Waals surface area contributed by atoms with Crippen LogP contribution in [0.2, 0.25) is 0 Å². The number of rotatable bonds is 2. The van der Waals surface area contributed by atoms with Crippen LogP contribution in [-0.2, 0) is 5.41 Å². The van der Waals surface area contributed by atoms with Gasteiger partial charge in [-0.3, -0.25) is 0 Å². The lowest BCUT2D eigenvalue weighted by atomic mass is 9.85. The van der Waals surface area contributed by atoms with Crippen LogP contribution in [0.3, 0.4) is 0 Å². The van der Waals surface area contributed by atoms with Crippen LogP contribution >= 0.6 is 15.9 Å². The zero-order chi connectivity index (χ0) is 11.6. The summed E-state index contributed by atoms with van der Waals surface area (Å²) in [6.45, 7) is 3.44. The van der Waals surface area contributed by atoms with Gasteiger partial charge in [-0.25, -0.2) is 4.39 Å². The van der Waals surface area contributed by atoms with Crippen molar-refractivity contribution in [1.29, 1.82) is 5.26 Å². The van der Waals surface area contributed by atoms with Gasteiger partial charge < -0.3 is 4.74 Å². The molecule has 80 valence electrons. The van der Waals surface area contributed by atoms with Gasteiger partial charge in [0.05, 0.1) is 23.1 Å². The molecule has 0 N–H and O–H groups in total. The number of nitriles is 1. The molecule has 15 heavy (non-hydrogen) atoms. The summed E-state index contributed by atoms with van der Waals surface area (Å²) in [5.41, 5.74) is -0.222. The molecule has 0 aliphatic rings. The highest BCUT2D eigenvalue weighted by atomic mass is 79.9. The second-order valence-electron chi connectivity index (χ2n) is 3.70. The quantitative estimate of drug-likeness (QED) is 0.826. The standard InChI is InChI=1S/C11H11BrFNO/c1-11(2,6-14)7-4-9(13)8(12)5-10(7)15-3/h4-5H,1-3H3. The number of halogens is 2. The van der Waals surface area contributed by atoms with Gasteiger partial charge >= 0.3 is 0 Å². The van der Waals surface area contributed by atoms with Crippen molar-refractivity contribution < 1.29 is 9.13 Å². The van der Waals surface area contributed by atoms with Crippen molar-refractivity contribution in [2.45, 2.75) is 19.3 Å². The largest absolute Gasteiger partial charge is 0.496 e. The third-order valence-electron chi connectivity index (χ3n) is 2.20. The molecule has 0 unspecified atom stereocenters. The smallest absolute Gasteiger partial charge is 0.137 e. The number of hydrogen-bond acceptors (Lipinski definition) is 2. The number of nitrogens with zero attached hydrogens (tertiary/aromatic N) is 1. The molecule has 0 spiro atoms. The average Bonchev–Trinajstić information content (AvgIpc) is 2.21. The van der Waals surface area contributed by atoms with Gasteiger partial charge in [-0.05, 0) is 41.9 Å². The molecule has 4 heteroatoms. The summed E-state index contributed by atoms with van der Waals surface area (Å²) in [5, 5.41) is 8.99. The van der Waals surface area contributed by atoms with Gasteiger partial charge in [0.2, 0.25) is 0 Å². The van der Waals surface area contributed by atoms with E-state index in [9.17, 15) is 4.39 Å². The second kappa shape index (κ2) is 4.19. The minimum Gasteiger partial charge on any atom is -0.496 e. The Morgan fingerprint density at radius 1 is 1.47 bits per heavy atom. The average molecular weight is 272 g/mol. The molecule has 2 nitrogen and oxygen atoms in total. The molecule has 0 aliphatic heterocycles. The first-order valence-electron chi connectivity index (χ1n) is 4.37. The van der Waals surface area contributed by atoms with E-state index in [4.69, 9.17) is 10.00 Å². The molecule has 1 aromatic carbocycles. The van der Waals surface area contributed by atoms with E-state index in [2.05, 4.69) is 22.0 Å². The lowest BCUT2D eigenvalue weighted by Crippen LogP contribution is -2.15. The first kappa shape index (κ1) is 12.0. The fraction of sp³-hybridized carbons (Fsp3) is 0.364. The fourth-order valence-electron chi connectivity index (χ4n) is 1.25. The van der Waals surface area contributed by atoms with Crippen molar-refractivity contribution in [3.8, 4) is 11.8 Å². The molecule has 0 fully saturated rings. The highest BCUT2D eigenvalue weighted by molar-refractivity contribution is 9.10. The van der Waals surface area contributed by atoms with Crippen molar-refractivity contribution in [3.63, 3.8) is 0 Å². The molecule has 0 saturated heterocycles. The predicted molar refractivity (Wildman–Crippen MR) is 59.3 cm³/mol. The van der Waals surface area contributed by atoms with E-state index in [0.29, 0.717) is 15.8 Å². The van der Waals surface area contributed by atoms with E-state index < -0.39 is 11.2 Å². The molecule has 1 aromatic rings. The molecular weight excluding hydrogens is 261 g/mol. The van der Waals surface area contributed by atoms with Crippen LogP contribution in [0.15, 0.2) is 16.6 Å². The molecule has 0 aromatic heterocycles. The molecule has 0 heterocycles. The molecule has 0 amide bonds. The summed E-state index contributed by atoms with van der Waals surface area (Å²) in [7, 11) is 1.50. The van der Waals surface area contributed by atoms with Crippen molar-refractivity contribution in [3.05, 3.63) is 28.0 Å². The Hall–Kier alpha value is -1.08. The maximum atomic E-state index is 13.4. The number of methoxy groups -OCH3 is 1. The maximum Gasteiger partial charge on any atom is 0.137 e. The van der Waals surface area contributed by atoms with E-state index in [0.717, 1.165) is 0 Å². The monoisotopic (exact) mass is 271 g/mol. The Bertz CT molecular complexity index is 423. The highest BCUT2D eigenvalue weighted by Crippen LogP contribution is 2.34. The van der Waals surface area contributed by atoms with Crippen LogP contribution in [-0.4, -0.2) is 7.11 Å². The third-order valence-corrected chi connectivity index (χ3v) is 2.80. The summed E-state index contributed by atoms with van der Waals surface area (Å²) in [4.78, 5) is 0. The van der Waals surface area contributed by atoms with Crippen LogP contribution in [0.5, 0.6) is 5.75 Å². The lowest BCUT2D eigenvalue weighted by Gasteiger charge is -2.19. The second-order valence-corrected chi connectivity index (χ2v) is 4.56. The Kier molecular flexibility index (Phi) is 3.35. The van der Waals surface area contributed by atoms with E-state index in [1.165, 1.54) is 19.2 Å². The van der Waals surface area contributed by atoms with Crippen molar-refractivity contribution in [1.82, 2.24) is 0 Å². The SMILES string of the molecule is COc1cc(Br)c(F)cc1C(C)(C)C#N. The minimum atomic E-state index is -0.771. The lowest BCUT2D eigenvalue weighted by molar-refractivity contribution is 0.400. The Balaban J connectivity index is 3.42. The molecule has 1 rings (SSSR count). The maximum absolute atomic E-state index is 13.4. The van der Waals surface area contributed by atoms with Gasteiger partial charge in [-0.15, -0.1) is 0 Å². The number of benzene rings is 1. The first-order valence-corrected chi connectivity index (χ1v) is 5.16. The van der Waals surface area contributed by atoms with Gasteiger partial charge in [0.25, 0.3) is 0 Å². The molecule has 0 aliphatic carbocycles. The van der Waals surface area contributed by atoms with E-state index in [1.54, 1.807) is 13.8 Å². The van der Waals surface area contributed by atoms with Gasteiger partial charge in [0, 0.05) is 5.56 Å². The van der Waals surface area contributed by atoms with E-state index >= 15 is 0 Å². The predicted octanol–water partition coefficient (Wildman–Crippen LogP) is 3.40. The topological polar surface area (TPSA) is 33.0 Å². The minimum absolute atomic E-state index is 0.330. The summed E-state index contributed by atoms with van der Waals surface area (Å²) < 4.78 is 18.8. The zero-order valence-corrected chi connectivity index (χ0v) is 10.4. The van der Waals surface area contributed by atoms with Crippen molar-refractivity contribution in [2.75, 3.05) is 7.11 Å². The normalized spacial score (nSPS) is 10.9. The van der Waals surface area contributed by atoms with Crippen molar-refractivity contribution in [2.24, 2.45) is 0 Å². The Morgan fingerprint density at radius 3 is 2.53 bits per heavy atom. The van der Waals surface area contributed by atoms with Crippen LogP contribution in [0.4, 0.5) is 4.39 Å². The van der Waals surface area contributed by atoms with Crippen LogP contribution < -0.4 is 4.74 Å². The Labute approximate surface area is 96.8 Å². The first-order chi connectivity index (χ1) is 6.92. The zero-order valence-electron chi connectivity index (χ0n) is 8.77. The molecule has 0 bridgehead atoms. The third kappa shape index (κ3) is 2.29. The molecule has 0 radical (unpaired) electrons. The molecular formula is C11H11BrFNO. The number of ether oxygens (including phenoxy) is 1. The summed E-state index contributed by atoms with van der Waals surface area (Å²) in [5.74, 6) is 0.115. The van der Waals surface area contributed by atoms with Gasteiger partial charge in [-0.1, -0.05) is 0 Å². The fourth-order valence-corrected chi connectivity index (χ4v) is 1.57. The van der Waals surface area contributed by atoms with Crippen LogP contribution in [0.1, 0.15) is 19.4 Å². The number of hydrogen-bond donors (Lipinski definition) is 0. The van der Waals surface area contributed by atoms with Gasteiger partial charge in [-0.2, -0.15) is 5.26 Å². The van der Waals surface area contributed by atoms with Crippen molar-refractivity contribution >= 4 is 15.9 Å². The summed E-state index contributed by atoms with van der Waals surface area (Å²) in [6, 6.07) is 4.97. The van der Waals surface area contributed by atoms with E-state index in [1.807, 2.05) is 0 Å². The summed E-state index contributed by atoms with van der Waals surface area (Å²) >= 11 is 3.07. The van der Waals surface area contributed by atoms with E-state index in [-0.39, 0.29) is 0 Å². The summed E-state index contributed by atoms with van der Waals surface area (Å²) in [6.07, 6.45) is 0. The van der Waals surface area contributed by atoms with Gasteiger partial charge in [0.1, 0.15) is 11.6 Å². The Morgan fingerprint density at radius 2 is 2.07 bits per heavy atom. The molecule has 0 atom stereocenters. The molecule has 0 saturated carbocycles. The highest BCUT2D eigenvalue weighted by Gasteiger charge is 2.25.